The van der Waals surface area contributed by atoms with E-state index in [2.05, 4.69) is 12.2 Å². The van der Waals surface area contributed by atoms with Crippen molar-refractivity contribution in [1.82, 2.24) is 10.2 Å². The standard InChI is InChI=1S/C13H20N2O2/c1-10-8-11(9-17-10)12(16)15-6-4-13(2,14-3)5-7-15/h8-9,14H,4-7H2,1-3H3. The van der Waals surface area contributed by atoms with Crippen LogP contribution in [0.2, 0.25) is 0 Å². The topological polar surface area (TPSA) is 45.5 Å². The Hall–Kier alpha value is -1.29. The van der Waals surface area contributed by atoms with Gasteiger partial charge in [0.25, 0.3) is 5.91 Å². The normalized spacial score (nSPS) is 19.4. The number of rotatable bonds is 2. The van der Waals surface area contributed by atoms with Crippen LogP contribution in [0.15, 0.2) is 16.7 Å². The summed E-state index contributed by atoms with van der Waals surface area (Å²) in [6, 6.07) is 1.80. The molecule has 0 bridgehead atoms. The van der Waals surface area contributed by atoms with Crippen LogP contribution in [0.25, 0.3) is 0 Å². The van der Waals surface area contributed by atoms with Crippen molar-refractivity contribution in [3.05, 3.63) is 23.7 Å². The minimum atomic E-state index is 0.0833. The smallest absolute Gasteiger partial charge is 0.257 e. The Labute approximate surface area is 102 Å². The van der Waals surface area contributed by atoms with E-state index in [9.17, 15) is 4.79 Å². The third kappa shape index (κ3) is 2.52. The molecule has 0 unspecified atom stereocenters. The minimum absolute atomic E-state index is 0.0833. The molecule has 4 heteroatoms. The molecular formula is C13H20N2O2. The number of carbonyl (C=O) groups is 1. The SMILES string of the molecule is CNC1(C)CCN(C(=O)c2coc(C)c2)CC1. The van der Waals surface area contributed by atoms with Gasteiger partial charge in [0, 0.05) is 18.6 Å². The molecule has 1 aliphatic rings. The molecule has 1 saturated heterocycles. The summed E-state index contributed by atoms with van der Waals surface area (Å²) in [4.78, 5) is 14.1. The Balaban J connectivity index is 1.99. The van der Waals surface area contributed by atoms with Crippen LogP contribution in [-0.4, -0.2) is 36.5 Å². The maximum Gasteiger partial charge on any atom is 0.257 e. The first kappa shape index (κ1) is 12.2. The number of hydrogen-bond donors (Lipinski definition) is 1. The molecule has 94 valence electrons. The maximum absolute atomic E-state index is 12.2. The molecule has 2 rings (SSSR count). The second kappa shape index (κ2) is 4.53. The quantitative estimate of drug-likeness (QED) is 0.851. The number of nitrogens with one attached hydrogen (secondary N) is 1. The van der Waals surface area contributed by atoms with Gasteiger partial charge in [-0.05, 0) is 39.8 Å². The molecule has 1 aromatic heterocycles. The molecule has 0 spiro atoms. The average Bonchev–Trinajstić information content (AvgIpc) is 2.76. The van der Waals surface area contributed by atoms with Crippen molar-refractivity contribution in [2.45, 2.75) is 32.2 Å². The zero-order valence-corrected chi connectivity index (χ0v) is 10.7. The number of amides is 1. The van der Waals surface area contributed by atoms with E-state index in [1.807, 2.05) is 18.9 Å². The number of piperidine rings is 1. The molecule has 1 aromatic rings. The highest BCUT2D eigenvalue weighted by atomic mass is 16.3. The third-order valence-corrected chi connectivity index (χ3v) is 3.74. The largest absolute Gasteiger partial charge is 0.469 e. The van der Waals surface area contributed by atoms with Crippen molar-refractivity contribution in [1.29, 1.82) is 0 Å². The summed E-state index contributed by atoms with van der Waals surface area (Å²) in [5.74, 6) is 0.866. The number of nitrogens with zero attached hydrogens (tertiary/aromatic N) is 1. The van der Waals surface area contributed by atoms with E-state index in [0.29, 0.717) is 5.56 Å². The fourth-order valence-electron chi connectivity index (χ4n) is 2.19. The van der Waals surface area contributed by atoms with Gasteiger partial charge in [0.2, 0.25) is 0 Å². The van der Waals surface area contributed by atoms with Crippen molar-refractivity contribution < 1.29 is 9.21 Å². The van der Waals surface area contributed by atoms with E-state index in [4.69, 9.17) is 4.42 Å². The van der Waals surface area contributed by atoms with Gasteiger partial charge in [-0.1, -0.05) is 0 Å². The van der Waals surface area contributed by atoms with Crippen LogP contribution in [-0.2, 0) is 0 Å². The second-order valence-corrected chi connectivity index (χ2v) is 5.05. The predicted octanol–water partition coefficient (Wildman–Crippen LogP) is 1.80. The Morgan fingerprint density at radius 3 is 2.59 bits per heavy atom. The van der Waals surface area contributed by atoms with Crippen LogP contribution >= 0.6 is 0 Å². The van der Waals surface area contributed by atoms with Gasteiger partial charge in [-0.2, -0.15) is 0 Å². The van der Waals surface area contributed by atoms with Crippen molar-refractivity contribution in [2.75, 3.05) is 20.1 Å². The van der Waals surface area contributed by atoms with Crippen LogP contribution in [0.5, 0.6) is 0 Å². The summed E-state index contributed by atoms with van der Waals surface area (Å²) in [6.07, 6.45) is 3.53. The van der Waals surface area contributed by atoms with Gasteiger partial charge in [0.15, 0.2) is 0 Å². The zero-order valence-electron chi connectivity index (χ0n) is 10.7. The summed E-state index contributed by atoms with van der Waals surface area (Å²) in [5, 5.41) is 3.33. The van der Waals surface area contributed by atoms with Crippen molar-refractivity contribution >= 4 is 5.91 Å². The maximum atomic E-state index is 12.2. The molecule has 1 amide bonds. The number of likely N-dealkylation sites (tertiary alicyclic amines) is 1. The minimum Gasteiger partial charge on any atom is -0.469 e. The number of hydrogen-bond acceptors (Lipinski definition) is 3. The molecule has 17 heavy (non-hydrogen) atoms. The molecule has 1 aliphatic heterocycles. The third-order valence-electron chi connectivity index (χ3n) is 3.74. The molecule has 1 fully saturated rings. The van der Waals surface area contributed by atoms with Crippen LogP contribution in [0.3, 0.4) is 0 Å². The average molecular weight is 236 g/mol. The van der Waals surface area contributed by atoms with Gasteiger partial charge in [-0.25, -0.2) is 0 Å². The first-order valence-corrected chi connectivity index (χ1v) is 6.07. The first-order valence-electron chi connectivity index (χ1n) is 6.07. The molecule has 0 radical (unpaired) electrons. The lowest BCUT2D eigenvalue weighted by atomic mass is 9.90. The molecule has 1 N–H and O–H groups in total. The lowest BCUT2D eigenvalue weighted by Gasteiger charge is -2.39. The van der Waals surface area contributed by atoms with Crippen LogP contribution < -0.4 is 5.32 Å². The van der Waals surface area contributed by atoms with Crippen molar-refractivity contribution in [3.63, 3.8) is 0 Å². The summed E-state index contributed by atoms with van der Waals surface area (Å²) < 4.78 is 5.18. The number of carbonyl (C=O) groups excluding carboxylic acids is 1. The van der Waals surface area contributed by atoms with Gasteiger partial charge in [0.05, 0.1) is 5.56 Å². The van der Waals surface area contributed by atoms with Crippen LogP contribution in [0, 0.1) is 6.92 Å². The molecule has 2 heterocycles. The van der Waals surface area contributed by atoms with Crippen molar-refractivity contribution in [2.24, 2.45) is 0 Å². The number of aryl methyl sites for hydroxylation is 1. The summed E-state index contributed by atoms with van der Waals surface area (Å²) in [7, 11) is 1.98. The molecule has 0 atom stereocenters. The van der Waals surface area contributed by atoms with Crippen LogP contribution in [0.1, 0.15) is 35.9 Å². The highest BCUT2D eigenvalue weighted by Gasteiger charge is 2.30. The Bertz CT molecular complexity index is 403. The highest BCUT2D eigenvalue weighted by Crippen LogP contribution is 2.22. The molecule has 0 saturated carbocycles. The van der Waals surface area contributed by atoms with Gasteiger partial charge in [-0.15, -0.1) is 0 Å². The summed E-state index contributed by atoms with van der Waals surface area (Å²) >= 11 is 0. The van der Waals surface area contributed by atoms with E-state index in [0.717, 1.165) is 31.7 Å². The van der Waals surface area contributed by atoms with Gasteiger partial charge in [0.1, 0.15) is 12.0 Å². The first-order chi connectivity index (χ1) is 8.04. The molecule has 4 nitrogen and oxygen atoms in total. The van der Waals surface area contributed by atoms with Gasteiger partial charge in [-0.3, -0.25) is 4.79 Å². The Morgan fingerprint density at radius 2 is 2.12 bits per heavy atom. The lowest BCUT2D eigenvalue weighted by molar-refractivity contribution is 0.0661. The van der Waals surface area contributed by atoms with E-state index < -0.39 is 0 Å². The predicted molar refractivity (Wildman–Crippen MR) is 66.0 cm³/mol. The van der Waals surface area contributed by atoms with Gasteiger partial charge >= 0.3 is 0 Å². The summed E-state index contributed by atoms with van der Waals surface area (Å²) in [5.41, 5.74) is 0.832. The Morgan fingerprint density at radius 1 is 1.47 bits per heavy atom. The van der Waals surface area contributed by atoms with E-state index in [1.54, 1.807) is 12.3 Å². The van der Waals surface area contributed by atoms with E-state index >= 15 is 0 Å². The number of furan rings is 1. The summed E-state index contributed by atoms with van der Waals surface area (Å²) in [6.45, 7) is 5.67. The monoisotopic (exact) mass is 236 g/mol. The molecular weight excluding hydrogens is 216 g/mol. The van der Waals surface area contributed by atoms with Gasteiger partial charge < -0.3 is 14.6 Å². The van der Waals surface area contributed by atoms with E-state index in [1.165, 1.54) is 0 Å². The molecule has 0 aromatic carbocycles. The molecule has 0 aliphatic carbocycles. The zero-order chi connectivity index (χ0) is 12.5. The van der Waals surface area contributed by atoms with Crippen LogP contribution in [0.4, 0.5) is 0 Å². The fraction of sp³-hybridized carbons (Fsp3) is 0.615. The van der Waals surface area contributed by atoms with Crippen molar-refractivity contribution in [3.8, 4) is 0 Å². The second-order valence-electron chi connectivity index (χ2n) is 5.05. The fourth-order valence-corrected chi connectivity index (χ4v) is 2.19. The van der Waals surface area contributed by atoms with E-state index in [-0.39, 0.29) is 11.4 Å². The highest BCUT2D eigenvalue weighted by molar-refractivity contribution is 5.94. The Kier molecular flexibility index (Phi) is 3.24. The lowest BCUT2D eigenvalue weighted by Crippen LogP contribution is -2.51.